The van der Waals surface area contributed by atoms with E-state index in [1.165, 1.54) is 26.1 Å². The third-order valence-electron chi connectivity index (χ3n) is 2.53. The van der Waals surface area contributed by atoms with E-state index in [0.717, 1.165) is 6.42 Å². The van der Waals surface area contributed by atoms with Crippen LogP contribution in [0.25, 0.3) is 10.1 Å². The van der Waals surface area contributed by atoms with Crippen molar-refractivity contribution >= 4 is 33.2 Å². The van der Waals surface area contributed by atoms with Crippen molar-refractivity contribution in [3.05, 3.63) is 28.6 Å². The van der Waals surface area contributed by atoms with E-state index in [9.17, 15) is 0 Å². The fraction of sp³-hybridized carbons (Fsp3) is 0.333. The number of fused-ring (bicyclic) bond motifs is 1. The minimum atomic E-state index is 1.14. The van der Waals surface area contributed by atoms with Crippen LogP contribution in [0.5, 0.6) is 0 Å². The smallest absolute Gasteiger partial charge is 0.0375 e. The number of hydrogen-bond acceptors (Lipinski definition) is 2. The number of hydrogen-bond donors (Lipinski definition) is 0. The van der Waals surface area contributed by atoms with Crippen molar-refractivity contribution in [3.8, 4) is 0 Å². The molecule has 2 rings (SSSR count). The van der Waals surface area contributed by atoms with Crippen LogP contribution in [-0.2, 0) is 6.42 Å². The highest BCUT2D eigenvalue weighted by Crippen LogP contribution is 2.32. The molecule has 0 saturated carbocycles. The molecule has 0 unspecified atom stereocenters. The van der Waals surface area contributed by atoms with Gasteiger partial charge < -0.3 is 0 Å². The van der Waals surface area contributed by atoms with Gasteiger partial charge in [-0.3, -0.25) is 0 Å². The van der Waals surface area contributed by atoms with Gasteiger partial charge in [0.1, 0.15) is 0 Å². The van der Waals surface area contributed by atoms with Crippen LogP contribution in [-0.4, -0.2) is 6.26 Å². The van der Waals surface area contributed by atoms with Crippen LogP contribution in [0, 0.1) is 6.92 Å². The lowest BCUT2D eigenvalue weighted by atomic mass is 10.1. The van der Waals surface area contributed by atoms with Crippen molar-refractivity contribution in [2.24, 2.45) is 0 Å². The highest BCUT2D eigenvalue weighted by Gasteiger charge is 2.06. The number of benzene rings is 1. The molecular weight excluding hydrogens is 208 g/mol. The average molecular weight is 222 g/mol. The minimum absolute atomic E-state index is 1.14. The van der Waals surface area contributed by atoms with E-state index in [-0.39, 0.29) is 0 Å². The number of aryl methyl sites for hydroxylation is 2. The monoisotopic (exact) mass is 222 g/mol. The molecule has 2 heteroatoms. The van der Waals surface area contributed by atoms with Gasteiger partial charge >= 0.3 is 0 Å². The Morgan fingerprint density at radius 1 is 1.36 bits per heavy atom. The Morgan fingerprint density at radius 3 is 2.79 bits per heavy atom. The fourth-order valence-corrected chi connectivity index (χ4v) is 3.37. The Hall–Kier alpha value is -0.470. The van der Waals surface area contributed by atoms with E-state index in [0.29, 0.717) is 0 Å². The first-order chi connectivity index (χ1) is 6.76. The first-order valence-corrected chi connectivity index (χ1v) is 6.91. The first kappa shape index (κ1) is 10.1. The van der Waals surface area contributed by atoms with Gasteiger partial charge in [-0.2, -0.15) is 0 Å². The summed E-state index contributed by atoms with van der Waals surface area (Å²) in [7, 11) is 0. The molecule has 0 aliphatic carbocycles. The van der Waals surface area contributed by atoms with Crippen molar-refractivity contribution in [1.29, 1.82) is 0 Å². The Morgan fingerprint density at radius 2 is 2.14 bits per heavy atom. The molecule has 14 heavy (non-hydrogen) atoms. The van der Waals surface area contributed by atoms with Crippen molar-refractivity contribution in [3.63, 3.8) is 0 Å². The maximum Gasteiger partial charge on any atom is 0.0375 e. The summed E-state index contributed by atoms with van der Waals surface area (Å²) in [5.74, 6) is 0. The highest BCUT2D eigenvalue weighted by atomic mass is 32.2. The van der Waals surface area contributed by atoms with Crippen LogP contribution in [0.1, 0.15) is 18.1 Å². The third kappa shape index (κ3) is 1.57. The normalized spacial score (nSPS) is 11.1. The molecule has 0 aliphatic rings. The maximum absolute atomic E-state index is 2.32. The first-order valence-electron chi connectivity index (χ1n) is 4.81. The van der Waals surface area contributed by atoms with Gasteiger partial charge in [-0.25, -0.2) is 0 Å². The topological polar surface area (TPSA) is 0 Å². The summed E-state index contributed by atoms with van der Waals surface area (Å²) in [5, 5.41) is 3.75. The zero-order chi connectivity index (χ0) is 10.1. The van der Waals surface area contributed by atoms with Gasteiger partial charge in [0, 0.05) is 9.60 Å². The molecule has 0 radical (unpaired) electrons. The molecule has 1 aromatic heterocycles. The van der Waals surface area contributed by atoms with Gasteiger partial charge in [-0.05, 0) is 53.6 Å². The molecule has 0 nitrogen and oxygen atoms in total. The molecule has 0 saturated heterocycles. The summed E-state index contributed by atoms with van der Waals surface area (Å²) in [4.78, 5) is 1.38. The zero-order valence-corrected chi connectivity index (χ0v) is 10.4. The van der Waals surface area contributed by atoms with Crippen LogP contribution >= 0.6 is 23.1 Å². The SMILES string of the molecule is CCc1csc2c(C)cc(SC)cc12. The summed E-state index contributed by atoms with van der Waals surface area (Å²) >= 11 is 3.70. The van der Waals surface area contributed by atoms with Crippen molar-refractivity contribution in [2.45, 2.75) is 25.2 Å². The van der Waals surface area contributed by atoms with Crippen LogP contribution < -0.4 is 0 Å². The molecule has 0 fully saturated rings. The highest BCUT2D eigenvalue weighted by molar-refractivity contribution is 7.98. The number of rotatable bonds is 2. The standard InChI is InChI=1S/C12H14S2/c1-4-9-7-14-12-8(2)5-10(13-3)6-11(9)12/h5-7H,4H2,1-3H3. The molecular formula is C12H14S2. The summed E-state index contributed by atoms with van der Waals surface area (Å²) in [6, 6.07) is 4.60. The summed E-state index contributed by atoms with van der Waals surface area (Å²) in [6.45, 7) is 4.43. The van der Waals surface area contributed by atoms with Crippen LogP contribution in [0.2, 0.25) is 0 Å². The average Bonchev–Trinajstić information content (AvgIpc) is 2.61. The number of thioether (sulfide) groups is 1. The second-order valence-electron chi connectivity index (χ2n) is 3.44. The third-order valence-corrected chi connectivity index (χ3v) is 4.42. The summed E-state index contributed by atoms with van der Waals surface area (Å²) in [5.41, 5.74) is 2.90. The second-order valence-corrected chi connectivity index (χ2v) is 5.19. The quantitative estimate of drug-likeness (QED) is 0.674. The van der Waals surface area contributed by atoms with Gasteiger partial charge in [-0.1, -0.05) is 6.92 Å². The largest absolute Gasteiger partial charge is 0.143 e. The molecule has 1 aromatic carbocycles. The van der Waals surface area contributed by atoms with E-state index in [2.05, 4.69) is 37.6 Å². The second kappa shape index (κ2) is 3.95. The summed E-state index contributed by atoms with van der Waals surface area (Å²) in [6.07, 6.45) is 3.27. The summed E-state index contributed by atoms with van der Waals surface area (Å²) < 4.78 is 1.46. The molecule has 0 bridgehead atoms. The van der Waals surface area contributed by atoms with E-state index in [4.69, 9.17) is 0 Å². The van der Waals surface area contributed by atoms with Gasteiger partial charge in [0.2, 0.25) is 0 Å². The Kier molecular flexibility index (Phi) is 2.84. The van der Waals surface area contributed by atoms with Gasteiger partial charge in [0.05, 0.1) is 0 Å². The molecule has 2 aromatic rings. The van der Waals surface area contributed by atoms with Crippen molar-refractivity contribution < 1.29 is 0 Å². The van der Waals surface area contributed by atoms with Gasteiger partial charge in [-0.15, -0.1) is 23.1 Å². The minimum Gasteiger partial charge on any atom is -0.143 e. The zero-order valence-electron chi connectivity index (χ0n) is 8.76. The fourth-order valence-electron chi connectivity index (χ4n) is 1.72. The predicted molar refractivity (Wildman–Crippen MR) is 67.7 cm³/mol. The molecule has 0 N–H and O–H groups in total. The van der Waals surface area contributed by atoms with Crippen molar-refractivity contribution in [2.75, 3.05) is 6.26 Å². The molecule has 74 valence electrons. The molecule has 0 spiro atoms. The van der Waals surface area contributed by atoms with E-state index < -0.39 is 0 Å². The molecule has 0 atom stereocenters. The van der Waals surface area contributed by atoms with Gasteiger partial charge in [0.15, 0.2) is 0 Å². The predicted octanol–water partition coefficient (Wildman–Crippen LogP) is 4.49. The lowest BCUT2D eigenvalue weighted by molar-refractivity contribution is 1.17. The molecule has 1 heterocycles. The Balaban J connectivity index is 2.73. The maximum atomic E-state index is 2.32. The van der Waals surface area contributed by atoms with E-state index in [1.54, 1.807) is 0 Å². The van der Waals surface area contributed by atoms with Gasteiger partial charge in [0.25, 0.3) is 0 Å². The van der Waals surface area contributed by atoms with Crippen LogP contribution in [0.4, 0.5) is 0 Å². The van der Waals surface area contributed by atoms with Crippen molar-refractivity contribution in [1.82, 2.24) is 0 Å². The lowest BCUT2D eigenvalue weighted by Crippen LogP contribution is -1.79. The Labute approximate surface area is 93.3 Å². The Bertz CT molecular complexity index is 455. The molecule has 0 aliphatic heterocycles. The molecule has 0 amide bonds. The van der Waals surface area contributed by atoms with E-state index in [1.807, 2.05) is 23.1 Å². The van der Waals surface area contributed by atoms with Crippen LogP contribution in [0.3, 0.4) is 0 Å². The van der Waals surface area contributed by atoms with E-state index >= 15 is 0 Å². The van der Waals surface area contributed by atoms with Crippen LogP contribution in [0.15, 0.2) is 22.4 Å². The lowest BCUT2D eigenvalue weighted by Gasteiger charge is -2.02. The number of thiophene rings is 1.